The molecule has 0 aromatic carbocycles. The second kappa shape index (κ2) is 7.64. The van der Waals surface area contributed by atoms with Crippen LogP contribution in [0.5, 0.6) is 0 Å². The van der Waals surface area contributed by atoms with Crippen LogP contribution in [0.15, 0.2) is 0 Å². The van der Waals surface area contributed by atoms with Crippen molar-refractivity contribution in [3.05, 3.63) is 0 Å². The Morgan fingerprint density at radius 2 is 1.86 bits per heavy atom. The summed E-state index contributed by atoms with van der Waals surface area (Å²) >= 11 is 0. The number of piperidine rings is 1. The van der Waals surface area contributed by atoms with Crippen LogP contribution in [0.1, 0.15) is 45.4 Å². The van der Waals surface area contributed by atoms with E-state index in [9.17, 15) is 9.59 Å². The molecule has 0 radical (unpaired) electrons. The number of aliphatic carboxylic acids is 1. The minimum atomic E-state index is -0.800. The maximum absolute atomic E-state index is 12.0. The molecule has 3 N–H and O–H groups in total. The number of carbonyl (C=O) groups excluding carboxylic acids is 1. The lowest BCUT2D eigenvalue weighted by Crippen LogP contribution is -2.51. The van der Waals surface area contributed by atoms with Crippen molar-refractivity contribution >= 4 is 12.0 Å². The lowest BCUT2D eigenvalue weighted by atomic mass is 10.0. The van der Waals surface area contributed by atoms with Gasteiger partial charge < -0.3 is 20.6 Å². The molecular weight excluding hydrogens is 270 g/mol. The molecule has 120 valence electrons. The quantitative estimate of drug-likeness (QED) is 0.716. The molecule has 0 aromatic rings. The predicted molar refractivity (Wildman–Crippen MR) is 80.2 cm³/mol. The maximum Gasteiger partial charge on any atom is 0.315 e. The third-order valence-corrected chi connectivity index (χ3v) is 4.61. The summed E-state index contributed by atoms with van der Waals surface area (Å²) in [5, 5.41) is 15.0. The Hall–Kier alpha value is -1.30. The van der Waals surface area contributed by atoms with Crippen molar-refractivity contribution < 1.29 is 14.7 Å². The molecule has 0 bridgehead atoms. The summed E-state index contributed by atoms with van der Waals surface area (Å²) in [6, 6.07) is -0.215. The topological polar surface area (TPSA) is 81.7 Å². The summed E-state index contributed by atoms with van der Waals surface area (Å²) in [4.78, 5) is 25.5. The monoisotopic (exact) mass is 297 g/mol. The first-order valence-electron chi connectivity index (χ1n) is 8.12. The van der Waals surface area contributed by atoms with Gasteiger partial charge >= 0.3 is 12.0 Å². The second-order valence-corrected chi connectivity index (χ2v) is 6.22. The first-order valence-corrected chi connectivity index (χ1v) is 8.12. The molecule has 0 aromatic heterocycles. The fourth-order valence-corrected chi connectivity index (χ4v) is 3.44. The highest BCUT2D eigenvalue weighted by Gasteiger charge is 2.34. The normalized spacial score (nSPS) is 27.5. The number of nitrogens with one attached hydrogen (secondary N) is 2. The number of carbonyl (C=O) groups is 2. The minimum Gasteiger partial charge on any atom is -0.481 e. The molecule has 2 rings (SSSR count). The van der Waals surface area contributed by atoms with Gasteiger partial charge in [-0.15, -0.1) is 0 Å². The van der Waals surface area contributed by atoms with E-state index in [2.05, 4.69) is 22.5 Å². The second-order valence-electron chi connectivity index (χ2n) is 6.22. The standard InChI is InChI=1S/C15H27N3O3/c1-2-8-18-9-6-11(7-10-18)16-15(21)17-13-5-3-4-12(13)14(19)20/h11-13H,2-10H2,1H3,(H,19,20)(H2,16,17,21). The molecule has 1 saturated carbocycles. The molecule has 2 aliphatic rings. The van der Waals surface area contributed by atoms with Gasteiger partial charge in [0.1, 0.15) is 0 Å². The van der Waals surface area contributed by atoms with Crippen molar-refractivity contribution in [3.63, 3.8) is 0 Å². The number of amides is 2. The van der Waals surface area contributed by atoms with Gasteiger partial charge in [0.2, 0.25) is 0 Å². The van der Waals surface area contributed by atoms with Crippen LogP contribution in [0.2, 0.25) is 0 Å². The van der Waals surface area contributed by atoms with Gasteiger partial charge in [-0.3, -0.25) is 4.79 Å². The molecule has 0 spiro atoms. The van der Waals surface area contributed by atoms with Crippen LogP contribution >= 0.6 is 0 Å². The number of likely N-dealkylation sites (tertiary alicyclic amines) is 1. The van der Waals surface area contributed by atoms with Crippen LogP contribution in [0.25, 0.3) is 0 Å². The van der Waals surface area contributed by atoms with Crippen molar-refractivity contribution in [1.82, 2.24) is 15.5 Å². The lowest BCUT2D eigenvalue weighted by molar-refractivity contribution is -0.142. The minimum absolute atomic E-state index is 0.206. The smallest absolute Gasteiger partial charge is 0.315 e. The number of hydrogen-bond donors (Lipinski definition) is 3. The zero-order valence-electron chi connectivity index (χ0n) is 12.8. The van der Waals surface area contributed by atoms with Gasteiger partial charge in [-0.1, -0.05) is 13.3 Å². The first-order chi connectivity index (χ1) is 10.1. The molecule has 6 heteroatoms. The number of hydrogen-bond acceptors (Lipinski definition) is 3. The van der Waals surface area contributed by atoms with Gasteiger partial charge in [0.15, 0.2) is 0 Å². The lowest BCUT2D eigenvalue weighted by Gasteiger charge is -2.32. The van der Waals surface area contributed by atoms with Crippen molar-refractivity contribution in [2.45, 2.75) is 57.5 Å². The number of nitrogens with zero attached hydrogens (tertiary/aromatic N) is 1. The van der Waals surface area contributed by atoms with Crippen molar-refractivity contribution in [2.75, 3.05) is 19.6 Å². The van der Waals surface area contributed by atoms with E-state index in [0.717, 1.165) is 51.7 Å². The number of urea groups is 1. The van der Waals surface area contributed by atoms with Crippen molar-refractivity contribution in [1.29, 1.82) is 0 Å². The SMILES string of the molecule is CCCN1CCC(NC(=O)NC2CCCC2C(=O)O)CC1. The van der Waals surface area contributed by atoms with Crippen LogP contribution in [0.4, 0.5) is 4.79 Å². The van der Waals surface area contributed by atoms with Crippen LogP contribution in [0.3, 0.4) is 0 Å². The Labute approximate surface area is 126 Å². The summed E-state index contributed by atoms with van der Waals surface area (Å²) < 4.78 is 0. The summed E-state index contributed by atoms with van der Waals surface area (Å²) in [6.07, 6.45) is 5.41. The number of rotatable bonds is 5. The van der Waals surface area contributed by atoms with Gasteiger partial charge in [0.25, 0.3) is 0 Å². The summed E-state index contributed by atoms with van der Waals surface area (Å²) in [7, 11) is 0. The Balaban J connectivity index is 1.71. The van der Waals surface area contributed by atoms with E-state index in [0.29, 0.717) is 6.42 Å². The van der Waals surface area contributed by atoms with E-state index in [1.807, 2.05) is 0 Å². The van der Waals surface area contributed by atoms with Gasteiger partial charge in [-0.05, 0) is 38.6 Å². The van der Waals surface area contributed by atoms with Crippen LogP contribution in [-0.2, 0) is 4.79 Å². The van der Waals surface area contributed by atoms with E-state index in [1.54, 1.807) is 0 Å². The zero-order valence-corrected chi connectivity index (χ0v) is 12.8. The molecule has 2 atom stereocenters. The number of carboxylic acids is 1. The molecule has 6 nitrogen and oxygen atoms in total. The van der Waals surface area contributed by atoms with Gasteiger partial charge in [-0.25, -0.2) is 4.79 Å². The average molecular weight is 297 g/mol. The molecule has 1 saturated heterocycles. The summed E-state index contributed by atoms with van der Waals surface area (Å²) in [6.45, 7) is 5.36. The van der Waals surface area contributed by atoms with Crippen LogP contribution < -0.4 is 10.6 Å². The molecule has 2 unspecified atom stereocenters. The van der Waals surface area contributed by atoms with Gasteiger partial charge in [0.05, 0.1) is 5.92 Å². The zero-order chi connectivity index (χ0) is 15.2. The average Bonchev–Trinajstić information content (AvgIpc) is 2.89. The van der Waals surface area contributed by atoms with E-state index in [4.69, 9.17) is 5.11 Å². The van der Waals surface area contributed by atoms with Gasteiger partial charge in [-0.2, -0.15) is 0 Å². The molecule has 1 aliphatic carbocycles. The predicted octanol–water partition coefficient (Wildman–Crippen LogP) is 1.41. The summed E-state index contributed by atoms with van der Waals surface area (Å²) in [5.41, 5.74) is 0. The largest absolute Gasteiger partial charge is 0.481 e. The molecule has 21 heavy (non-hydrogen) atoms. The Morgan fingerprint density at radius 1 is 1.14 bits per heavy atom. The summed E-state index contributed by atoms with van der Waals surface area (Å²) in [5.74, 6) is -1.23. The highest BCUT2D eigenvalue weighted by Crippen LogP contribution is 2.25. The molecule has 1 heterocycles. The van der Waals surface area contributed by atoms with E-state index in [1.165, 1.54) is 0 Å². The third kappa shape index (κ3) is 4.59. The van der Waals surface area contributed by atoms with Crippen molar-refractivity contribution in [2.24, 2.45) is 5.92 Å². The van der Waals surface area contributed by atoms with E-state index >= 15 is 0 Å². The molecule has 2 fully saturated rings. The van der Waals surface area contributed by atoms with Crippen LogP contribution in [-0.4, -0.2) is 53.7 Å². The number of carboxylic acid groups (broad SMARTS) is 1. The molecule has 1 aliphatic heterocycles. The first kappa shape index (κ1) is 16.1. The fourth-order valence-electron chi connectivity index (χ4n) is 3.44. The third-order valence-electron chi connectivity index (χ3n) is 4.61. The Morgan fingerprint density at radius 3 is 2.48 bits per heavy atom. The van der Waals surface area contributed by atoms with E-state index in [-0.39, 0.29) is 18.1 Å². The Bertz CT molecular complexity index is 367. The molecule has 2 amide bonds. The fraction of sp³-hybridized carbons (Fsp3) is 0.867. The van der Waals surface area contributed by atoms with E-state index < -0.39 is 11.9 Å². The maximum atomic E-state index is 12.0. The highest BCUT2D eigenvalue weighted by atomic mass is 16.4. The Kier molecular flexibility index (Phi) is 5.85. The van der Waals surface area contributed by atoms with Gasteiger partial charge in [0, 0.05) is 25.2 Å². The van der Waals surface area contributed by atoms with Crippen molar-refractivity contribution in [3.8, 4) is 0 Å². The molecular formula is C15H27N3O3. The van der Waals surface area contributed by atoms with Crippen LogP contribution in [0, 0.1) is 5.92 Å². The highest BCUT2D eigenvalue weighted by molar-refractivity contribution is 5.77.